The Morgan fingerprint density at radius 2 is 2.35 bits per heavy atom. The van der Waals surface area contributed by atoms with Crippen molar-refractivity contribution in [2.24, 2.45) is 7.05 Å². The van der Waals surface area contributed by atoms with E-state index in [-0.39, 0.29) is 0 Å². The minimum absolute atomic E-state index is 0.559. The molecule has 0 spiro atoms. The molecule has 0 saturated heterocycles. The van der Waals surface area contributed by atoms with Gasteiger partial charge in [0, 0.05) is 32.1 Å². The van der Waals surface area contributed by atoms with E-state index < -0.39 is 0 Å². The predicted molar refractivity (Wildman–Crippen MR) is 64.0 cm³/mol. The lowest BCUT2D eigenvalue weighted by atomic mass is 10.2. The lowest BCUT2D eigenvalue weighted by Gasteiger charge is -2.04. The van der Waals surface area contributed by atoms with Crippen molar-refractivity contribution in [1.29, 1.82) is 0 Å². The zero-order chi connectivity index (χ0) is 12.1. The van der Waals surface area contributed by atoms with Gasteiger partial charge in [-0.1, -0.05) is 0 Å². The molecule has 0 fully saturated rings. The normalized spacial score (nSPS) is 10.2. The Kier molecular flexibility index (Phi) is 3.54. The molecule has 1 N–H and O–H groups in total. The molecule has 6 nitrogen and oxygen atoms in total. The topological polar surface area (TPSA) is 64.9 Å². The molecule has 2 aromatic rings. The van der Waals surface area contributed by atoms with Crippen LogP contribution in [0.15, 0.2) is 24.7 Å². The van der Waals surface area contributed by atoms with Crippen LogP contribution in [-0.2, 0) is 13.5 Å². The molecular weight excluding hydrogens is 218 g/mol. The number of hydrogen-bond donors (Lipinski definition) is 1. The lowest BCUT2D eigenvalue weighted by Crippen LogP contribution is -2.07. The Hall–Kier alpha value is -2.11. The molecule has 0 bridgehead atoms. The van der Waals surface area contributed by atoms with Crippen molar-refractivity contribution in [3.63, 3.8) is 0 Å². The molecule has 0 aliphatic rings. The smallest absolute Gasteiger partial charge is 0.225 e. The van der Waals surface area contributed by atoms with Gasteiger partial charge in [0.1, 0.15) is 0 Å². The molecule has 17 heavy (non-hydrogen) atoms. The highest BCUT2D eigenvalue weighted by Crippen LogP contribution is 2.07. The molecule has 0 aliphatic heterocycles. The Bertz CT molecular complexity index is 482. The summed E-state index contributed by atoms with van der Waals surface area (Å²) in [5.74, 6) is 1.14. The van der Waals surface area contributed by atoms with Gasteiger partial charge in [-0.2, -0.15) is 10.1 Å². The number of nitrogens with zero attached hydrogens (tertiary/aromatic N) is 4. The van der Waals surface area contributed by atoms with E-state index in [9.17, 15) is 0 Å². The summed E-state index contributed by atoms with van der Waals surface area (Å²) in [6, 6.07) is 1.71. The summed E-state index contributed by atoms with van der Waals surface area (Å²) in [6.45, 7) is 0.763. The molecule has 0 aliphatic carbocycles. The van der Waals surface area contributed by atoms with E-state index in [0.29, 0.717) is 11.8 Å². The fourth-order valence-corrected chi connectivity index (χ4v) is 1.46. The number of methoxy groups -OCH3 is 1. The lowest BCUT2D eigenvalue weighted by molar-refractivity contribution is 0.397. The molecular formula is C11H15N5O. The third-order valence-electron chi connectivity index (χ3n) is 2.29. The molecule has 0 unspecified atom stereocenters. The van der Waals surface area contributed by atoms with Crippen LogP contribution in [0.1, 0.15) is 5.56 Å². The van der Waals surface area contributed by atoms with Crippen molar-refractivity contribution in [2.75, 3.05) is 19.0 Å². The summed E-state index contributed by atoms with van der Waals surface area (Å²) in [7, 11) is 3.49. The van der Waals surface area contributed by atoms with Gasteiger partial charge in [-0.05, 0) is 12.0 Å². The summed E-state index contributed by atoms with van der Waals surface area (Å²) >= 11 is 0. The first-order valence-electron chi connectivity index (χ1n) is 5.36. The van der Waals surface area contributed by atoms with Crippen molar-refractivity contribution in [2.45, 2.75) is 6.42 Å². The van der Waals surface area contributed by atoms with Crippen LogP contribution >= 0.6 is 0 Å². The second kappa shape index (κ2) is 5.29. The average Bonchev–Trinajstić information content (AvgIpc) is 2.75. The van der Waals surface area contributed by atoms with Crippen LogP contribution in [-0.4, -0.2) is 33.4 Å². The van der Waals surface area contributed by atoms with E-state index in [1.165, 1.54) is 5.56 Å². The van der Waals surface area contributed by atoms with Crippen molar-refractivity contribution in [3.05, 3.63) is 30.2 Å². The van der Waals surface area contributed by atoms with Gasteiger partial charge in [-0.15, -0.1) is 0 Å². The Labute approximate surface area is 99.7 Å². The first-order valence-corrected chi connectivity index (χ1v) is 5.36. The fourth-order valence-electron chi connectivity index (χ4n) is 1.46. The van der Waals surface area contributed by atoms with Crippen molar-refractivity contribution in [1.82, 2.24) is 19.7 Å². The Morgan fingerprint density at radius 3 is 3.06 bits per heavy atom. The number of nitrogens with one attached hydrogen (secondary N) is 1. The van der Waals surface area contributed by atoms with Crippen LogP contribution in [0.3, 0.4) is 0 Å². The number of aryl methyl sites for hydroxylation is 1. The Balaban J connectivity index is 1.85. The molecule has 2 rings (SSSR count). The minimum Gasteiger partial charge on any atom is -0.481 e. The van der Waals surface area contributed by atoms with Gasteiger partial charge in [0.05, 0.1) is 13.3 Å². The van der Waals surface area contributed by atoms with Crippen LogP contribution in [0, 0.1) is 0 Å². The zero-order valence-electron chi connectivity index (χ0n) is 9.92. The summed E-state index contributed by atoms with van der Waals surface area (Å²) < 4.78 is 6.81. The van der Waals surface area contributed by atoms with Gasteiger partial charge in [-0.3, -0.25) is 4.68 Å². The number of rotatable bonds is 5. The molecule has 90 valence electrons. The fraction of sp³-hybridized carbons (Fsp3) is 0.364. The molecule has 0 saturated carbocycles. The van der Waals surface area contributed by atoms with Gasteiger partial charge in [0.2, 0.25) is 11.8 Å². The maximum absolute atomic E-state index is 5.02. The molecule has 0 radical (unpaired) electrons. The quantitative estimate of drug-likeness (QED) is 0.830. The summed E-state index contributed by atoms with van der Waals surface area (Å²) in [5.41, 5.74) is 1.18. The standard InChI is InChI=1S/C11H15N5O/c1-16-8-9(7-14-16)3-5-12-11-13-6-4-10(15-11)17-2/h4,6-8H,3,5H2,1-2H3,(H,12,13,15). The van der Waals surface area contributed by atoms with Crippen LogP contribution in [0.4, 0.5) is 5.95 Å². The van der Waals surface area contributed by atoms with Crippen molar-refractivity contribution < 1.29 is 4.74 Å². The summed E-state index contributed by atoms with van der Waals surface area (Å²) in [6.07, 6.45) is 6.40. The third-order valence-corrected chi connectivity index (χ3v) is 2.29. The van der Waals surface area contributed by atoms with E-state index in [0.717, 1.165) is 13.0 Å². The first kappa shape index (κ1) is 11.4. The van der Waals surface area contributed by atoms with E-state index in [4.69, 9.17) is 4.74 Å². The maximum atomic E-state index is 5.02. The predicted octanol–water partition coefficient (Wildman–Crippen LogP) is 0.873. The van der Waals surface area contributed by atoms with E-state index in [1.54, 1.807) is 24.1 Å². The van der Waals surface area contributed by atoms with Gasteiger partial charge in [-0.25, -0.2) is 4.98 Å². The number of ether oxygens (including phenoxy) is 1. The molecule has 2 aromatic heterocycles. The highest BCUT2D eigenvalue weighted by molar-refractivity contribution is 5.27. The van der Waals surface area contributed by atoms with Gasteiger partial charge < -0.3 is 10.1 Å². The van der Waals surface area contributed by atoms with Gasteiger partial charge >= 0.3 is 0 Å². The Morgan fingerprint density at radius 1 is 1.47 bits per heavy atom. The molecule has 0 aromatic carbocycles. The second-order valence-electron chi connectivity index (χ2n) is 3.62. The SMILES string of the molecule is COc1ccnc(NCCc2cnn(C)c2)n1. The number of anilines is 1. The largest absolute Gasteiger partial charge is 0.481 e. The van der Waals surface area contributed by atoms with Gasteiger partial charge in [0.15, 0.2) is 0 Å². The van der Waals surface area contributed by atoms with E-state index >= 15 is 0 Å². The minimum atomic E-state index is 0.559. The molecule has 2 heterocycles. The first-order chi connectivity index (χ1) is 8.28. The number of aromatic nitrogens is 4. The van der Waals surface area contributed by atoms with Crippen molar-refractivity contribution >= 4 is 5.95 Å². The monoisotopic (exact) mass is 233 g/mol. The van der Waals surface area contributed by atoms with Crippen LogP contribution in [0.2, 0.25) is 0 Å². The van der Waals surface area contributed by atoms with Gasteiger partial charge in [0.25, 0.3) is 0 Å². The maximum Gasteiger partial charge on any atom is 0.225 e. The van der Waals surface area contributed by atoms with Crippen LogP contribution < -0.4 is 10.1 Å². The number of hydrogen-bond acceptors (Lipinski definition) is 5. The highest BCUT2D eigenvalue weighted by Gasteiger charge is 1.99. The zero-order valence-corrected chi connectivity index (χ0v) is 9.92. The van der Waals surface area contributed by atoms with Crippen molar-refractivity contribution in [3.8, 4) is 5.88 Å². The molecule has 0 amide bonds. The molecule has 6 heteroatoms. The van der Waals surface area contributed by atoms with Crippen LogP contribution in [0.25, 0.3) is 0 Å². The highest BCUT2D eigenvalue weighted by atomic mass is 16.5. The molecule has 0 atom stereocenters. The second-order valence-corrected chi connectivity index (χ2v) is 3.62. The third kappa shape index (κ3) is 3.17. The summed E-state index contributed by atoms with van der Waals surface area (Å²) in [5, 5.41) is 7.25. The van der Waals surface area contributed by atoms with E-state index in [2.05, 4.69) is 20.4 Å². The average molecular weight is 233 g/mol. The van der Waals surface area contributed by atoms with Crippen LogP contribution in [0.5, 0.6) is 5.88 Å². The summed E-state index contributed by atoms with van der Waals surface area (Å²) in [4.78, 5) is 8.26. The van der Waals surface area contributed by atoms with E-state index in [1.807, 2.05) is 19.4 Å².